The van der Waals surface area contributed by atoms with Crippen LogP contribution in [-0.4, -0.2) is 25.8 Å². The third-order valence-electron chi connectivity index (χ3n) is 3.36. The Kier molecular flexibility index (Phi) is 4.30. The van der Waals surface area contributed by atoms with Crippen molar-refractivity contribution < 1.29 is 8.42 Å². The standard InChI is InChI=1S/C12H16Cl2N2O2S/c1-8-2-4-16(5-3-8)19(17,18)12-10(13)6-9(15)7-11(12)14/h6-8H,2-5,15H2,1H3. The zero-order chi connectivity index (χ0) is 14.2. The van der Waals surface area contributed by atoms with Crippen LogP contribution >= 0.6 is 23.2 Å². The summed E-state index contributed by atoms with van der Waals surface area (Å²) in [5.74, 6) is 0.545. The number of sulfonamides is 1. The second kappa shape index (κ2) is 5.48. The number of nitrogen functional groups attached to an aromatic ring is 1. The van der Waals surface area contributed by atoms with Gasteiger partial charge in [0.1, 0.15) is 4.90 Å². The van der Waals surface area contributed by atoms with E-state index >= 15 is 0 Å². The first-order chi connectivity index (χ1) is 8.82. The number of benzene rings is 1. The molecule has 1 saturated heterocycles. The quantitative estimate of drug-likeness (QED) is 0.851. The van der Waals surface area contributed by atoms with Crippen molar-refractivity contribution in [3.05, 3.63) is 22.2 Å². The SMILES string of the molecule is CC1CCN(S(=O)(=O)c2c(Cl)cc(N)cc2Cl)CC1. The summed E-state index contributed by atoms with van der Waals surface area (Å²) in [7, 11) is -3.65. The number of nitrogens with two attached hydrogens (primary N) is 1. The van der Waals surface area contributed by atoms with E-state index in [4.69, 9.17) is 28.9 Å². The number of halogens is 2. The highest BCUT2D eigenvalue weighted by Gasteiger charge is 2.31. The van der Waals surface area contributed by atoms with Crippen molar-refractivity contribution in [3.63, 3.8) is 0 Å². The second-order valence-corrected chi connectivity index (χ2v) is 7.59. The Labute approximate surface area is 123 Å². The highest BCUT2D eigenvalue weighted by molar-refractivity contribution is 7.89. The van der Waals surface area contributed by atoms with Crippen molar-refractivity contribution in [2.45, 2.75) is 24.7 Å². The fourth-order valence-corrected chi connectivity index (χ4v) is 4.83. The maximum atomic E-state index is 12.6. The number of rotatable bonds is 2. The van der Waals surface area contributed by atoms with Crippen molar-refractivity contribution in [2.24, 2.45) is 5.92 Å². The van der Waals surface area contributed by atoms with Gasteiger partial charge in [-0.1, -0.05) is 30.1 Å². The van der Waals surface area contributed by atoms with Gasteiger partial charge in [0.25, 0.3) is 0 Å². The molecule has 1 heterocycles. The van der Waals surface area contributed by atoms with Gasteiger partial charge in [-0.3, -0.25) is 0 Å². The lowest BCUT2D eigenvalue weighted by molar-refractivity contribution is 0.288. The van der Waals surface area contributed by atoms with Gasteiger partial charge in [-0.2, -0.15) is 4.31 Å². The number of anilines is 1. The van der Waals surface area contributed by atoms with Crippen LogP contribution in [0.5, 0.6) is 0 Å². The molecule has 0 aliphatic carbocycles. The van der Waals surface area contributed by atoms with E-state index < -0.39 is 10.0 Å². The monoisotopic (exact) mass is 322 g/mol. The number of hydrogen-bond acceptors (Lipinski definition) is 3. The minimum atomic E-state index is -3.65. The number of piperidine rings is 1. The summed E-state index contributed by atoms with van der Waals surface area (Å²) in [5.41, 5.74) is 5.94. The molecule has 1 aliphatic rings. The highest BCUT2D eigenvalue weighted by atomic mass is 35.5. The Hall–Kier alpha value is -0.490. The number of hydrogen-bond donors (Lipinski definition) is 1. The zero-order valence-corrected chi connectivity index (χ0v) is 12.9. The largest absolute Gasteiger partial charge is 0.399 e. The topological polar surface area (TPSA) is 63.4 Å². The summed E-state index contributed by atoms with van der Waals surface area (Å²) in [5, 5.41) is 0.146. The Morgan fingerprint density at radius 1 is 1.21 bits per heavy atom. The minimum Gasteiger partial charge on any atom is -0.399 e. The third-order valence-corrected chi connectivity index (χ3v) is 6.18. The van der Waals surface area contributed by atoms with Gasteiger partial charge in [-0.25, -0.2) is 8.42 Å². The summed E-state index contributed by atoms with van der Waals surface area (Å²) < 4.78 is 26.6. The van der Waals surface area contributed by atoms with Crippen LogP contribution in [0.3, 0.4) is 0 Å². The molecule has 0 amide bonds. The first kappa shape index (κ1) is 14.9. The van der Waals surface area contributed by atoms with Gasteiger partial charge in [0.05, 0.1) is 10.0 Å². The molecule has 0 aromatic heterocycles. The Bertz CT molecular complexity index is 558. The molecule has 0 spiro atoms. The van der Waals surface area contributed by atoms with Gasteiger partial charge >= 0.3 is 0 Å². The molecule has 0 bridgehead atoms. The molecule has 1 aromatic carbocycles. The third kappa shape index (κ3) is 2.99. The Morgan fingerprint density at radius 3 is 2.16 bits per heavy atom. The van der Waals surface area contributed by atoms with Gasteiger partial charge in [-0.05, 0) is 30.9 Å². The maximum Gasteiger partial charge on any atom is 0.246 e. The molecule has 0 radical (unpaired) electrons. The van der Waals surface area contributed by atoms with Crippen LogP contribution in [0.2, 0.25) is 10.0 Å². The van der Waals surface area contributed by atoms with Crippen molar-refractivity contribution in [1.82, 2.24) is 4.31 Å². The van der Waals surface area contributed by atoms with Crippen LogP contribution in [0.4, 0.5) is 5.69 Å². The van der Waals surface area contributed by atoms with Crippen LogP contribution in [0.15, 0.2) is 17.0 Å². The average Bonchev–Trinajstić information content (AvgIpc) is 2.27. The van der Waals surface area contributed by atoms with Crippen molar-refractivity contribution in [3.8, 4) is 0 Å². The van der Waals surface area contributed by atoms with E-state index in [0.29, 0.717) is 24.7 Å². The van der Waals surface area contributed by atoms with Gasteiger partial charge in [0, 0.05) is 18.8 Å². The summed E-state index contributed by atoms with van der Waals surface area (Å²) in [4.78, 5) is -0.0420. The fraction of sp³-hybridized carbons (Fsp3) is 0.500. The van der Waals surface area contributed by atoms with E-state index in [-0.39, 0.29) is 14.9 Å². The lowest BCUT2D eigenvalue weighted by atomic mass is 10.0. The molecule has 19 heavy (non-hydrogen) atoms. The molecule has 2 N–H and O–H groups in total. The molecule has 1 aliphatic heterocycles. The molecule has 1 fully saturated rings. The molecule has 0 saturated carbocycles. The van der Waals surface area contributed by atoms with Gasteiger partial charge in [0.15, 0.2) is 0 Å². The zero-order valence-electron chi connectivity index (χ0n) is 10.6. The molecule has 2 rings (SSSR count). The van der Waals surface area contributed by atoms with Crippen LogP contribution in [0.1, 0.15) is 19.8 Å². The van der Waals surface area contributed by atoms with Crippen LogP contribution < -0.4 is 5.73 Å². The fourth-order valence-electron chi connectivity index (χ4n) is 2.18. The molecule has 106 valence electrons. The summed E-state index contributed by atoms with van der Waals surface area (Å²) >= 11 is 12.0. The van der Waals surface area contributed by atoms with Crippen molar-refractivity contribution in [1.29, 1.82) is 0 Å². The van der Waals surface area contributed by atoms with E-state index in [9.17, 15) is 8.42 Å². The molecule has 1 aromatic rings. The highest BCUT2D eigenvalue weighted by Crippen LogP contribution is 2.35. The van der Waals surface area contributed by atoms with Crippen LogP contribution in [0.25, 0.3) is 0 Å². The smallest absolute Gasteiger partial charge is 0.246 e. The summed E-state index contributed by atoms with van der Waals surface area (Å²) in [6, 6.07) is 2.82. The normalized spacial score (nSPS) is 18.7. The molecular formula is C12H16Cl2N2O2S. The van der Waals surface area contributed by atoms with Crippen molar-refractivity contribution in [2.75, 3.05) is 18.8 Å². The molecule has 0 atom stereocenters. The number of nitrogens with zero attached hydrogens (tertiary/aromatic N) is 1. The van der Waals surface area contributed by atoms with E-state index in [1.54, 1.807) is 0 Å². The summed E-state index contributed by atoms with van der Waals surface area (Å²) in [6.07, 6.45) is 1.70. The van der Waals surface area contributed by atoms with Gasteiger partial charge < -0.3 is 5.73 Å². The molecule has 7 heteroatoms. The van der Waals surface area contributed by atoms with Gasteiger partial charge in [0.2, 0.25) is 10.0 Å². The van der Waals surface area contributed by atoms with E-state index in [1.165, 1.54) is 16.4 Å². The predicted molar refractivity (Wildman–Crippen MR) is 78.0 cm³/mol. The summed E-state index contributed by atoms with van der Waals surface area (Å²) in [6.45, 7) is 3.12. The first-order valence-corrected chi connectivity index (χ1v) is 8.26. The Morgan fingerprint density at radius 2 is 1.68 bits per heavy atom. The van der Waals surface area contributed by atoms with E-state index in [1.807, 2.05) is 0 Å². The molecule has 0 unspecified atom stereocenters. The molecule has 4 nitrogen and oxygen atoms in total. The first-order valence-electron chi connectivity index (χ1n) is 6.07. The van der Waals surface area contributed by atoms with Gasteiger partial charge in [-0.15, -0.1) is 0 Å². The average molecular weight is 323 g/mol. The minimum absolute atomic E-state index is 0.0420. The van der Waals surface area contributed by atoms with E-state index in [0.717, 1.165) is 12.8 Å². The maximum absolute atomic E-state index is 12.6. The van der Waals surface area contributed by atoms with Crippen LogP contribution in [0, 0.1) is 5.92 Å². The van der Waals surface area contributed by atoms with Crippen LogP contribution in [-0.2, 0) is 10.0 Å². The van der Waals surface area contributed by atoms with Crippen molar-refractivity contribution >= 4 is 38.9 Å². The molecular weight excluding hydrogens is 307 g/mol. The lowest BCUT2D eigenvalue weighted by Gasteiger charge is -2.30. The predicted octanol–water partition coefficient (Wildman–Crippen LogP) is 3.00. The Balaban J connectivity index is 2.40. The lowest BCUT2D eigenvalue weighted by Crippen LogP contribution is -2.38. The van der Waals surface area contributed by atoms with E-state index in [2.05, 4.69) is 6.92 Å². The second-order valence-electron chi connectivity index (χ2n) is 4.90.